The van der Waals surface area contributed by atoms with Gasteiger partial charge in [-0.15, -0.1) is 0 Å². The fourth-order valence-electron chi connectivity index (χ4n) is 3.24. The molecule has 0 aromatic heterocycles. The van der Waals surface area contributed by atoms with Crippen LogP contribution in [-0.2, 0) is 32.6 Å². The fraction of sp³-hybridized carbons (Fsp3) is 0.611. The Hall–Kier alpha value is -1.64. The second-order valence-corrected chi connectivity index (χ2v) is 9.03. The van der Waals surface area contributed by atoms with E-state index in [9.17, 15) is 13.2 Å². The monoisotopic (exact) mass is 382 g/mol. The average Bonchev–Trinajstić information content (AvgIpc) is 3.40. The predicted octanol–water partition coefficient (Wildman–Crippen LogP) is 1.37. The molecular formula is C18H26N2O5S. The van der Waals surface area contributed by atoms with Crippen LogP contribution in [0.15, 0.2) is 18.2 Å². The van der Waals surface area contributed by atoms with Gasteiger partial charge in [0.25, 0.3) is 0 Å². The van der Waals surface area contributed by atoms with Crippen LogP contribution in [0.25, 0.3) is 0 Å². The molecule has 1 aliphatic carbocycles. The lowest BCUT2D eigenvalue weighted by atomic mass is 10.1. The molecule has 1 fully saturated rings. The van der Waals surface area contributed by atoms with E-state index in [1.54, 1.807) is 9.21 Å². The molecule has 7 nitrogen and oxygen atoms in total. The molecule has 1 amide bonds. The first-order chi connectivity index (χ1) is 12.3. The first-order valence-corrected chi connectivity index (χ1v) is 10.6. The Labute approximate surface area is 154 Å². The molecular weight excluding hydrogens is 356 g/mol. The molecule has 2 aliphatic rings. The molecule has 1 aliphatic heterocycles. The van der Waals surface area contributed by atoms with Crippen LogP contribution >= 0.6 is 0 Å². The van der Waals surface area contributed by atoms with Crippen molar-refractivity contribution in [1.29, 1.82) is 0 Å². The van der Waals surface area contributed by atoms with E-state index in [0.717, 1.165) is 29.7 Å². The molecule has 0 saturated heterocycles. The Balaban J connectivity index is 1.83. The highest BCUT2D eigenvalue weighted by atomic mass is 32.2. The van der Waals surface area contributed by atoms with E-state index in [4.69, 9.17) is 9.47 Å². The van der Waals surface area contributed by atoms with Crippen LogP contribution < -0.4 is 4.74 Å². The maximum Gasteiger partial charge on any atom is 0.249 e. The van der Waals surface area contributed by atoms with E-state index in [-0.39, 0.29) is 24.6 Å². The summed E-state index contributed by atoms with van der Waals surface area (Å²) >= 11 is 0. The number of amides is 1. The van der Waals surface area contributed by atoms with Gasteiger partial charge in [0, 0.05) is 31.8 Å². The minimum absolute atomic E-state index is 0.0307. The van der Waals surface area contributed by atoms with Crippen LogP contribution in [0, 0.1) is 0 Å². The van der Waals surface area contributed by atoms with Crippen molar-refractivity contribution >= 4 is 15.9 Å². The first kappa shape index (κ1) is 19.1. The van der Waals surface area contributed by atoms with Gasteiger partial charge in [-0.05, 0) is 37.5 Å². The zero-order valence-corrected chi connectivity index (χ0v) is 16.3. The number of ether oxygens (including phenoxy) is 2. The Bertz CT molecular complexity index is 776. The molecule has 0 spiro atoms. The molecule has 0 N–H and O–H groups in total. The maximum absolute atomic E-state index is 12.3. The van der Waals surface area contributed by atoms with Crippen LogP contribution in [0.4, 0.5) is 0 Å². The van der Waals surface area contributed by atoms with E-state index in [1.165, 1.54) is 13.4 Å². The largest absolute Gasteiger partial charge is 0.491 e. The van der Waals surface area contributed by atoms with Crippen molar-refractivity contribution in [3.05, 3.63) is 29.3 Å². The van der Waals surface area contributed by atoms with Gasteiger partial charge >= 0.3 is 0 Å². The second-order valence-electron chi connectivity index (χ2n) is 7.10. The number of methoxy groups -OCH3 is 1. The molecule has 8 heteroatoms. The number of fused-ring (bicyclic) bond motifs is 1. The Morgan fingerprint density at radius 1 is 1.38 bits per heavy atom. The minimum atomic E-state index is -3.25. The molecule has 1 atom stereocenters. The Kier molecular flexibility index (Phi) is 5.55. The Morgan fingerprint density at radius 2 is 2.12 bits per heavy atom. The van der Waals surface area contributed by atoms with Crippen LogP contribution in [0.3, 0.4) is 0 Å². The number of sulfonamides is 1. The summed E-state index contributed by atoms with van der Waals surface area (Å²) < 4.78 is 36.5. The molecule has 1 saturated carbocycles. The summed E-state index contributed by atoms with van der Waals surface area (Å²) in [6.07, 6.45) is 3.08. The smallest absolute Gasteiger partial charge is 0.249 e. The van der Waals surface area contributed by atoms with Crippen LogP contribution in [0.5, 0.6) is 5.75 Å². The lowest BCUT2D eigenvalue weighted by Crippen LogP contribution is -2.41. The summed E-state index contributed by atoms with van der Waals surface area (Å²) in [6, 6.07) is 5.76. The van der Waals surface area contributed by atoms with Gasteiger partial charge < -0.3 is 14.4 Å². The number of carbonyl (C=O) groups is 1. The summed E-state index contributed by atoms with van der Waals surface area (Å²) in [4.78, 5) is 14.1. The topological polar surface area (TPSA) is 76.2 Å². The van der Waals surface area contributed by atoms with Gasteiger partial charge in [-0.3, -0.25) is 4.79 Å². The van der Waals surface area contributed by atoms with Crippen molar-refractivity contribution in [3.63, 3.8) is 0 Å². The third-order valence-electron chi connectivity index (χ3n) is 4.78. The number of benzene rings is 1. The maximum atomic E-state index is 12.3. The number of hydrogen-bond donors (Lipinski definition) is 0. The van der Waals surface area contributed by atoms with Crippen LogP contribution in [0.2, 0.25) is 0 Å². The molecule has 144 valence electrons. The highest BCUT2D eigenvalue weighted by Crippen LogP contribution is 2.32. The number of hydrogen-bond acceptors (Lipinski definition) is 5. The molecule has 0 bridgehead atoms. The highest BCUT2D eigenvalue weighted by molar-refractivity contribution is 7.88. The van der Waals surface area contributed by atoms with Gasteiger partial charge in [0.15, 0.2) is 0 Å². The van der Waals surface area contributed by atoms with E-state index < -0.39 is 10.0 Å². The normalized spacial score (nSPS) is 20.5. The third-order valence-corrected chi connectivity index (χ3v) is 6.06. The predicted molar refractivity (Wildman–Crippen MR) is 97.2 cm³/mol. The van der Waals surface area contributed by atoms with Gasteiger partial charge in [0.05, 0.1) is 12.3 Å². The highest BCUT2D eigenvalue weighted by Gasteiger charge is 2.35. The number of carbonyl (C=O) groups excluding carboxylic acids is 1. The summed E-state index contributed by atoms with van der Waals surface area (Å²) in [5, 5.41) is 0. The summed E-state index contributed by atoms with van der Waals surface area (Å²) in [5.74, 6) is 0.656. The summed E-state index contributed by atoms with van der Waals surface area (Å²) in [5.41, 5.74) is 1.79. The van der Waals surface area contributed by atoms with Crippen molar-refractivity contribution in [2.24, 2.45) is 0 Å². The lowest BCUT2D eigenvalue weighted by Gasteiger charge is -2.26. The van der Waals surface area contributed by atoms with E-state index in [2.05, 4.69) is 0 Å². The first-order valence-electron chi connectivity index (χ1n) is 8.79. The van der Waals surface area contributed by atoms with Crippen LogP contribution in [-0.4, -0.2) is 62.2 Å². The van der Waals surface area contributed by atoms with Gasteiger partial charge in [-0.2, -0.15) is 4.31 Å². The van der Waals surface area contributed by atoms with Crippen molar-refractivity contribution in [3.8, 4) is 5.75 Å². The molecule has 3 rings (SSSR count). The lowest BCUT2D eigenvalue weighted by molar-refractivity contribution is -0.138. The standard InChI is InChI=1S/C18H26N2O5S/c1-13-11-25-17-7-4-14(9-20(16-5-6-16)26(3,22)23)8-15(17)10-19(13)18(21)12-24-2/h4,7-8,13,16H,5-6,9-12H2,1-3H3. The van der Waals surface area contributed by atoms with Crippen LogP contribution in [0.1, 0.15) is 30.9 Å². The van der Waals surface area contributed by atoms with Crippen molar-refractivity contribution in [2.75, 3.05) is 26.6 Å². The van der Waals surface area contributed by atoms with E-state index in [1.807, 2.05) is 25.1 Å². The van der Waals surface area contributed by atoms with Gasteiger partial charge in [-0.1, -0.05) is 6.07 Å². The number of rotatable bonds is 6. The molecule has 1 heterocycles. The number of nitrogens with zero attached hydrogens (tertiary/aromatic N) is 2. The van der Waals surface area contributed by atoms with Gasteiger partial charge in [-0.25, -0.2) is 8.42 Å². The second kappa shape index (κ2) is 7.54. The SMILES string of the molecule is COCC(=O)N1Cc2cc(CN(C3CC3)S(C)(=O)=O)ccc2OCC1C. The molecule has 1 aromatic rings. The minimum Gasteiger partial charge on any atom is -0.491 e. The summed E-state index contributed by atoms with van der Waals surface area (Å²) in [6.45, 7) is 3.16. The quantitative estimate of drug-likeness (QED) is 0.743. The molecule has 0 radical (unpaired) electrons. The van der Waals surface area contributed by atoms with Gasteiger partial charge in [0.2, 0.25) is 15.9 Å². The zero-order chi connectivity index (χ0) is 18.9. The zero-order valence-electron chi connectivity index (χ0n) is 15.5. The van der Waals surface area contributed by atoms with Crippen molar-refractivity contribution < 1.29 is 22.7 Å². The molecule has 26 heavy (non-hydrogen) atoms. The third kappa shape index (κ3) is 4.36. The molecule has 1 aromatic carbocycles. The van der Waals surface area contributed by atoms with Gasteiger partial charge in [0.1, 0.15) is 19.0 Å². The van der Waals surface area contributed by atoms with Crippen molar-refractivity contribution in [2.45, 2.75) is 44.9 Å². The Morgan fingerprint density at radius 3 is 2.73 bits per heavy atom. The van der Waals surface area contributed by atoms with E-state index >= 15 is 0 Å². The van der Waals surface area contributed by atoms with Crippen molar-refractivity contribution in [1.82, 2.24) is 9.21 Å². The summed E-state index contributed by atoms with van der Waals surface area (Å²) in [7, 11) is -1.75. The molecule has 1 unspecified atom stereocenters. The fourth-order valence-corrected chi connectivity index (χ4v) is 4.37. The van der Waals surface area contributed by atoms with E-state index in [0.29, 0.717) is 19.7 Å². The average molecular weight is 382 g/mol.